The minimum Gasteiger partial charge on any atom is -0.497 e. The van der Waals surface area contributed by atoms with Crippen LogP contribution in [0.25, 0.3) is 6.20 Å². The summed E-state index contributed by atoms with van der Waals surface area (Å²) in [5, 5.41) is 7.80. The van der Waals surface area contributed by atoms with Gasteiger partial charge in [0.25, 0.3) is 0 Å². The summed E-state index contributed by atoms with van der Waals surface area (Å²) in [6.07, 6.45) is 6.59. The second kappa shape index (κ2) is 5.82. The molecule has 19 heavy (non-hydrogen) atoms. The number of ketones is 1. The highest BCUT2D eigenvalue weighted by Gasteiger charge is 2.01. The number of pyridine rings is 1. The fourth-order valence-electron chi connectivity index (χ4n) is 1.54. The SMILES string of the molecule is COc1ccc(C(=O)/C=C/n2ccc(=N)cc2)cc1. The molecule has 0 spiro atoms. The Morgan fingerprint density at radius 1 is 1.16 bits per heavy atom. The van der Waals surface area contributed by atoms with Gasteiger partial charge in [-0.1, -0.05) is 0 Å². The van der Waals surface area contributed by atoms with Crippen molar-refractivity contribution < 1.29 is 9.53 Å². The first-order valence-corrected chi connectivity index (χ1v) is 5.78. The van der Waals surface area contributed by atoms with Crippen molar-refractivity contribution >= 4 is 12.0 Å². The van der Waals surface area contributed by atoms with Gasteiger partial charge in [0.1, 0.15) is 5.75 Å². The Labute approximate surface area is 111 Å². The second-order valence-electron chi connectivity index (χ2n) is 3.94. The van der Waals surface area contributed by atoms with E-state index in [2.05, 4.69) is 0 Å². The average Bonchev–Trinajstić information content (AvgIpc) is 2.46. The first kappa shape index (κ1) is 12.8. The predicted molar refractivity (Wildman–Crippen MR) is 72.9 cm³/mol. The van der Waals surface area contributed by atoms with E-state index in [9.17, 15) is 4.79 Å². The molecule has 0 bridgehead atoms. The third-order valence-corrected chi connectivity index (χ3v) is 2.63. The lowest BCUT2D eigenvalue weighted by atomic mass is 10.1. The van der Waals surface area contributed by atoms with Crippen LogP contribution in [0.4, 0.5) is 0 Å². The van der Waals surface area contributed by atoms with Gasteiger partial charge in [0.15, 0.2) is 5.78 Å². The molecule has 1 N–H and O–H groups in total. The third kappa shape index (κ3) is 3.42. The zero-order valence-electron chi connectivity index (χ0n) is 10.5. The molecule has 96 valence electrons. The zero-order chi connectivity index (χ0) is 13.7. The Bertz CT molecular complexity index is 634. The maximum absolute atomic E-state index is 11.9. The molecule has 2 rings (SSSR count). The molecule has 0 atom stereocenters. The van der Waals surface area contributed by atoms with Gasteiger partial charge in [-0.3, -0.25) is 4.79 Å². The first-order valence-electron chi connectivity index (χ1n) is 5.78. The molecule has 1 aromatic carbocycles. The molecule has 0 radical (unpaired) electrons. The normalized spacial score (nSPS) is 10.6. The maximum Gasteiger partial charge on any atom is 0.187 e. The monoisotopic (exact) mass is 254 g/mol. The van der Waals surface area contributed by atoms with Crippen LogP contribution in [0.2, 0.25) is 0 Å². The van der Waals surface area contributed by atoms with Gasteiger partial charge >= 0.3 is 0 Å². The molecule has 2 aromatic rings. The predicted octanol–water partition coefficient (Wildman–Crippen LogP) is 2.33. The van der Waals surface area contributed by atoms with Crippen molar-refractivity contribution in [1.29, 1.82) is 5.41 Å². The topological polar surface area (TPSA) is 55.1 Å². The highest BCUT2D eigenvalue weighted by atomic mass is 16.5. The Morgan fingerprint density at radius 2 is 1.79 bits per heavy atom. The molecule has 0 amide bonds. The van der Waals surface area contributed by atoms with E-state index in [0.717, 1.165) is 5.75 Å². The molecule has 0 saturated carbocycles. The van der Waals surface area contributed by atoms with Gasteiger partial charge in [-0.2, -0.15) is 0 Å². The number of carbonyl (C=O) groups excluding carboxylic acids is 1. The minimum absolute atomic E-state index is 0.0786. The molecule has 1 aromatic heterocycles. The average molecular weight is 254 g/mol. The Morgan fingerprint density at radius 3 is 2.37 bits per heavy atom. The van der Waals surface area contributed by atoms with Crippen LogP contribution in [0.5, 0.6) is 5.75 Å². The number of nitrogens with one attached hydrogen (secondary N) is 1. The van der Waals surface area contributed by atoms with E-state index in [1.165, 1.54) is 6.08 Å². The summed E-state index contributed by atoms with van der Waals surface area (Å²) in [7, 11) is 1.59. The zero-order valence-corrected chi connectivity index (χ0v) is 10.5. The summed E-state index contributed by atoms with van der Waals surface area (Å²) < 4.78 is 6.76. The molecule has 0 fully saturated rings. The number of nitrogens with zero attached hydrogens (tertiary/aromatic N) is 1. The van der Waals surface area contributed by atoms with E-state index < -0.39 is 0 Å². The Hall–Kier alpha value is -2.62. The van der Waals surface area contributed by atoms with Gasteiger partial charge in [0.05, 0.1) is 12.5 Å². The first-order chi connectivity index (χ1) is 9.19. The van der Waals surface area contributed by atoms with Crippen molar-refractivity contribution in [3.05, 3.63) is 65.8 Å². The molecule has 0 aliphatic rings. The second-order valence-corrected chi connectivity index (χ2v) is 3.94. The molecule has 4 nitrogen and oxygen atoms in total. The Balaban J connectivity index is 2.11. The lowest BCUT2D eigenvalue weighted by molar-refractivity contribution is 0.104. The number of ether oxygens (including phenoxy) is 1. The standard InChI is InChI=1S/C15H14N2O2/c1-19-14-4-2-12(3-5-14)15(18)8-11-17-9-6-13(16)7-10-17/h2-11,16H,1H3/b11-8+. The summed E-state index contributed by atoms with van der Waals surface area (Å²) in [4.78, 5) is 11.9. The van der Waals surface area contributed by atoms with E-state index in [-0.39, 0.29) is 5.78 Å². The smallest absolute Gasteiger partial charge is 0.187 e. The van der Waals surface area contributed by atoms with Crippen LogP contribution in [-0.2, 0) is 0 Å². The quantitative estimate of drug-likeness (QED) is 0.672. The number of aromatic nitrogens is 1. The molecule has 4 heteroatoms. The van der Waals surface area contributed by atoms with E-state index in [0.29, 0.717) is 10.9 Å². The van der Waals surface area contributed by atoms with Gasteiger partial charge in [-0.25, -0.2) is 0 Å². The van der Waals surface area contributed by atoms with Crippen molar-refractivity contribution in [2.75, 3.05) is 7.11 Å². The molecule has 0 aliphatic carbocycles. The van der Waals surface area contributed by atoms with Crippen LogP contribution in [-0.4, -0.2) is 17.5 Å². The number of hydrogen-bond acceptors (Lipinski definition) is 3. The number of carbonyl (C=O) groups is 1. The molecule has 0 saturated heterocycles. The summed E-state index contributed by atoms with van der Waals surface area (Å²) in [6, 6.07) is 10.3. The number of allylic oxidation sites excluding steroid dienone is 1. The van der Waals surface area contributed by atoms with Gasteiger partial charge in [0.2, 0.25) is 0 Å². The fourth-order valence-corrected chi connectivity index (χ4v) is 1.54. The largest absolute Gasteiger partial charge is 0.497 e. The number of hydrogen-bond donors (Lipinski definition) is 1. The number of methoxy groups -OCH3 is 1. The van der Waals surface area contributed by atoms with Crippen LogP contribution in [0.15, 0.2) is 54.9 Å². The van der Waals surface area contributed by atoms with Crippen molar-refractivity contribution in [3.8, 4) is 5.75 Å². The van der Waals surface area contributed by atoms with E-state index in [1.54, 1.807) is 66.7 Å². The van der Waals surface area contributed by atoms with Crippen LogP contribution in [0.1, 0.15) is 10.4 Å². The van der Waals surface area contributed by atoms with Crippen molar-refractivity contribution in [2.45, 2.75) is 0 Å². The van der Waals surface area contributed by atoms with E-state index in [4.69, 9.17) is 10.1 Å². The minimum atomic E-state index is -0.0786. The lowest BCUT2D eigenvalue weighted by Crippen LogP contribution is -2.00. The van der Waals surface area contributed by atoms with Gasteiger partial charge in [-0.05, 0) is 36.4 Å². The summed E-state index contributed by atoms with van der Waals surface area (Å²) >= 11 is 0. The third-order valence-electron chi connectivity index (χ3n) is 2.63. The highest BCUT2D eigenvalue weighted by molar-refractivity contribution is 6.06. The number of rotatable bonds is 4. The van der Waals surface area contributed by atoms with Crippen molar-refractivity contribution in [1.82, 2.24) is 4.57 Å². The summed E-state index contributed by atoms with van der Waals surface area (Å²) in [5.74, 6) is 0.644. The maximum atomic E-state index is 11.9. The van der Waals surface area contributed by atoms with Gasteiger partial charge in [-0.15, -0.1) is 0 Å². The number of benzene rings is 1. The van der Waals surface area contributed by atoms with Crippen LogP contribution in [0.3, 0.4) is 0 Å². The summed E-state index contributed by atoms with van der Waals surface area (Å²) in [5.41, 5.74) is 0.606. The lowest BCUT2D eigenvalue weighted by Gasteiger charge is -2.00. The van der Waals surface area contributed by atoms with Crippen molar-refractivity contribution in [3.63, 3.8) is 0 Å². The van der Waals surface area contributed by atoms with Crippen LogP contribution < -0.4 is 10.1 Å². The molecule has 1 heterocycles. The fraction of sp³-hybridized carbons (Fsp3) is 0.0667. The Kier molecular flexibility index (Phi) is 3.93. The summed E-state index contributed by atoms with van der Waals surface area (Å²) in [6.45, 7) is 0. The molecule has 0 aliphatic heterocycles. The molecular weight excluding hydrogens is 240 g/mol. The highest BCUT2D eigenvalue weighted by Crippen LogP contribution is 2.12. The van der Waals surface area contributed by atoms with Crippen LogP contribution >= 0.6 is 0 Å². The van der Waals surface area contributed by atoms with Crippen molar-refractivity contribution in [2.24, 2.45) is 0 Å². The molecule has 0 unspecified atom stereocenters. The van der Waals surface area contributed by atoms with E-state index in [1.807, 2.05) is 0 Å². The molecular formula is C15H14N2O2. The van der Waals surface area contributed by atoms with Crippen LogP contribution in [0, 0.1) is 5.41 Å². The van der Waals surface area contributed by atoms with Gasteiger partial charge in [0, 0.05) is 30.2 Å². The van der Waals surface area contributed by atoms with E-state index >= 15 is 0 Å². The van der Waals surface area contributed by atoms with Gasteiger partial charge < -0.3 is 14.7 Å².